The van der Waals surface area contributed by atoms with E-state index in [1.165, 1.54) is 0 Å². The Labute approximate surface area is 93.8 Å². The zero-order valence-electron chi connectivity index (χ0n) is 6.58. The van der Waals surface area contributed by atoms with Crippen LogP contribution < -0.4 is 11.5 Å². The molecule has 5 N–H and O–H groups in total. The summed E-state index contributed by atoms with van der Waals surface area (Å²) in [4.78, 5) is 0. The van der Waals surface area contributed by atoms with Gasteiger partial charge >= 0.3 is 0 Å². The number of nitrogens with two attached hydrogens (primary N) is 2. The smallest absolute Gasteiger partial charge is 0.126 e. The molecule has 0 aliphatic carbocycles. The van der Waals surface area contributed by atoms with Crippen molar-refractivity contribution in [1.29, 1.82) is 5.41 Å². The van der Waals surface area contributed by atoms with E-state index in [4.69, 9.17) is 28.5 Å². The molecule has 0 aromatic heterocycles. The first-order valence-electron chi connectivity index (χ1n) is 3.01. The van der Waals surface area contributed by atoms with Gasteiger partial charge in [-0.15, -0.1) is 24.8 Å². The van der Waals surface area contributed by atoms with Crippen LogP contribution in [0.25, 0.3) is 0 Å². The minimum atomic E-state index is -0.104. The van der Waals surface area contributed by atoms with Gasteiger partial charge in [0.05, 0.1) is 10.6 Å². The molecule has 0 aliphatic rings. The molecular formula is C7H10Cl3N3. The van der Waals surface area contributed by atoms with Gasteiger partial charge in [-0.25, -0.2) is 0 Å². The topological polar surface area (TPSA) is 75.9 Å². The number of hydrogen-bond donors (Lipinski definition) is 3. The van der Waals surface area contributed by atoms with Gasteiger partial charge in [0.2, 0.25) is 0 Å². The molecule has 74 valence electrons. The second-order valence-electron chi connectivity index (χ2n) is 2.12. The average Bonchev–Trinajstić information content (AvgIpc) is 1.85. The fraction of sp³-hybridized carbons (Fsp3) is 0. The van der Waals surface area contributed by atoms with Crippen LogP contribution in [0.1, 0.15) is 5.56 Å². The van der Waals surface area contributed by atoms with Crippen LogP contribution in [-0.2, 0) is 0 Å². The standard InChI is InChI=1S/C7H8ClN3.2ClH/c8-4-2-1-3-5(9)6(4)7(10)11;;/h1-3H,9H2,(H3,10,11);2*1H. The van der Waals surface area contributed by atoms with Gasteiger partial charge in [0.25, 0.3) is 0 Å². The SMILES string of the molecule is Cl.Cl.N=C(N)c1c(N)cccc1Cl. The van der Waals surface area contributed by atoms with Crippen LogP contribution in [0, 0.1) is 5.41 Å². The molecule has 13 heavy (non-hydrogen) atoms. The van der Waals surface area contributed by atoms with E-state index in [0.717, 1.165) is 0 Å². The Morgan fingerprint density at radius 1 is 1.31 bits per heavy atom. The number of amidine groups is 1. The maximum Gasteiger partial charge on any atom is 0.126 e. The molecule has 1 aromatic rings. The molecule has 0 saturated carbocycles. The lowest BCUT2D eigenvalue weighted by atomic mass is 10.1. The summed E-state index contributed by atoms with van der Waals surface area (Å²) in [6.45, 7) is 0. The van der Waals surface area contributed by atoms with Gasteiger partial charge in [0.15, 0.2) is 0 Å². The minimum Gasteiger partial charge on any atom is -0.398 e. The van der Waals surface area contributed by atoms with Crippen LogP contribution in [0.2, 0.25) is 5.02 Å². The summed E-state index contributed by atoms with van der Waals surface area (Å²) < 4.78 is 0. The molecule has 0 spiro atoms. The van der Waals surface area contributed by atoms with Crippen molar-refractivity contribution >= 4 is 47.9 Å². The van der Waals surface area contributed by atoms with Crippen molar-refractivity contribution in [3.8, 4) is 0 Å². The fourth-order valence-electron chi connectivity index (χ4n) is 0.825. The lowest BCUT2D eigenvalue weighted by Crippen LogP contribution is -2.13. The molecule has 0 aliphatic heterocycles. The zero-order valence-corrected chi connectivity index (χ0v) is 8.97. The largest absolute Gasteiger partial charge is 0.398 e. The molecule has 0 atom stereocenters. The van der Waals surface area contributed by atoms with Crippen molar-refractivity contribution in [2.24, 2.45) is 5.73 Å². The summed E-state index contributed by atoms with van der Waals surface area (Å²) in [5.74, 6) is -0.104. The third kappa shape index (κ3) is 3.30. The van der Waals surface area contributed by atoms with Gasteiger partial charge in [-0.1, -0.05) is 17.7 Å². The normalized spacial score (nSPS) is 8.08. The predicted octanol–water partition coefficient (Wildman–Crippen LogP) is 2.05. The molecule has 0 unspecified atom stereocenters. The number of nitrogen functional groups attached to an aromatic ring is 2. The molecule has 0 fully saturated rings. The first-order chi connectivity index (χ1) is 5.13. The van der Waals surface area contributed by atoms with Crippen LogP contribution in [0.5, 0.6) is 0 Å². The quantitative estimate of drug-likeness (QED) is 0.400. The summed E-state index contributed by atoms with van der Waals surface area (Å²) in [6, 6.07) is 5.02. The van der Waals surface area contributed by atoms with Crippen molar-refractivity contribution < 1.29 is 0 Å². The van der Waals surface area contributed by atoms with Gasteiger partial charge < -0.3 is 11.5 Å². The van der Waals surface area contributed by atoms with Crippen LogP contribution in [0.15, 0.2) is 18.2 Å². The minimum absolute atomic E-state index is 0. The Balaban J connectivity index is 0. The van der Waals surface area contributed by atoms with E-state index in [2.05, 4.69) is 0 Å². The molecule has 6 heteroatoms. The molecular weight excluding hydrogens is 232 g/mol. The summed E-state index contributed by atoms with van der Waals surface area (Å²) >= 11 is 5.72. The number of anilines is 1. The van der Waals surface area contributed by atoms with Crippen molar-refractivity contribution in [2.75, 3.05) is 5.73 Å². The highest BCUT2D eigenvalue weighted by molar-refractivity contribution is 6.34. The van der Waals surface area contributed by atoms with E-state index < -0.39 is 0 Å². The van der Waals surface area contributed by atoms with Crippen molar-refractivity contribution in [2.45, 2.75) is 0 Å². The highest BCUT2D eigenvalue weighted by Gasteiger charge is 2.05. The number of halogens is 3. The van der Waals surface area contributed by atoms with Crippen LogP contribution in [0.3, 0.4) is 0 Å². The van der Waals surface area contributed by atoms with Crippen molar-refractivity contribution in [3.05, 3.63) is 28.8 Å². The first-order valence-corrected chi connectivity index (χ1v) is 3.39. The van der Waals surface area contributed by atoms with E-state index in [9.17, 15) is 0 Å². The number of rotatable bonds is 1. The Hall–Kier alpha value is -0.640. The molecule has 0 heterocycles. The lowest BCUT2D eigenvalue weighted by molar-refractivity contribution is 1.42. The Morgan fingerprint density at radius 3 is 2.15 bits per heavy atom. The van der Waals surface area contributed by atoms with Gasteiger partial charge in [-0.2, -0.15) is 0 Å². The highest BCUT2D eigenvalue weighted by Crippen LogP contribution is 2.20. The second kappa shape index (κ2) is 5.91. The Bertz CT molecular complexity index is 281. The Morgan fingerprint density at radius 2 is 1.85 bits per heavy atom. The maximum absolute atomic E-state index is 7.13. The third-order valence-corrected chi connectivity index (χ3v) is 1.63. The van der Waals surface area contributed by atoms with E-state index in [1.807, 2.05) is 0 Å². The molecule has 3 nitrogen and oxygen atoms in total. The molecule has 1 aromatic carbocycles. The number of nitrogens with one attached hydrogen (secondary N) is 1. The predicted molar refractivity (Wildman–Crippen MR) is 61.4 cm³/mol. The molecule has 0 amide bonds. The van der Waals surface area contributed by atoms with Crippen molar-refractivity contribution in [3.63, 3.8) is 0 Å². The summed E-state index contributed by atoms with van der Waals surface area (Å²) in [5.41, 5.74) is 11.6. The maximum atomic E-state index is 7.13. The van der Waals surface area contributed by atoms with Crippen LogP contribution >= 0.6 is 36.4 Å². The summed E-state index contributed by atoms with van der Waals surface area (Å²) in [5, 5.41) is 7.54. The van der Waals surface area contributed by atoms with E-state index >= 15 is 0 Å². The molecule has 0 saturated heterocycles. The molecule has 0 bridgehead atoms. The third-order valence-electron chi connectivity index (χ3n) is 1.32. The van der Waals surface area contributed by atoms with Gasteiger partial charge in [-0.05, 0) is 12.1 Å². The van der Waals surface area contributed by atoms with Crippen molar-refractivity contribution in [1.82, 2.24) is 0 Å². The summed E-state index contributed by atoms with van der Waals surface area (Å²) in [6.07, 6.45) is 0. The van der Waals surface area contributed by atoms with Gasteiger partial charge in [0.1, 0.15) is 5.84 Å². The van der Waals surface area contributed by atoms with Crippen LogP contribution in [-0.4, -0.2) is 5.84 Å². The molecule has 1 rings (SSSR count). The highest BCUT2D eigenvalue weighted by atomic mass is 35.5. The molecule has 0 radical (unpaired) electrons. The summed E-state index contributed by atoms with van der Waals surface area (Å²) in [7, 11) is 0. The lowest BCUT2D eigenvalue weighted by Gasteiger charge is -2.04. The van der Waals surface area contributed by atoms with E-state index in [1.54, 1.807) is 18.2 Å². The monoisotopic (exact) mass is 241 g/mol. The van der Waals surface area contributed by atoms with E-state index in [-0.39, 0.29) is 30.6 Å². The average molecular weight is 243 g/mol. The number of benzene rings is 1. The fourth-order valence-corrected chi connectivity index (χ4v) is 1.11. The second-order valence-corrected chi connectivity index (χ2v) is 2.52. The zero-order chi connectivity index (χ0) is 8.43. The van der Waals surface area contributed by atoms with Crippen LogP contribution in [0.4, 0.5) is 5.69 Å². The number of hydrogen-bond acceptors (Lipinski definition) is 2. The first kappa shape index (κ1) is 14.9. The van der Waals surface area contributed by atoms with Gasteiger partial charge in [-0.3, -0.25) is 5.41 Å². The van der Waals surface area contributed by atoms with E-state index in [0.29, 0.717) is 16.3 Å². The Kier molecular flexibility index (Phi) is 6.76. The van der Waals surface area contributed by atoms with Gasteiger partial charge in [0, 0.05) is 5.69 Å².